The molecular weight excluding hydrogens is 318 g/mol. The van der Waals surface area contributed by atoms with Crippen LogP contribution in [-0.2, 0) is 4.74 Å². The molecule has 0 N–H and O–H groups in total. The van der Waals surface area contributed by atoms with Gasteiger partial charge < -0.3 is 4.74 Å². The van der Waals surface area contributed by atoms with E-state index in [0.717, 1.165) is 32.8 Å². The molecule has 0 aromatic carbocycles. The SMILES string of the molecule is CC(C)(C)C1=C(C(C)(C)C)CN(CC(C)(C)C2=C(C(C)(C)C)COC2)C1. The summed E-state index contributed by atoms with van der Waals surface area (Å²) in [5, 5.41) is 0. The lowest BCUT2D eigenvalue weighted by Crippen LogP contribution is -2.37. The van der Waals surface area contributed by atoms with Gasteiger partial charge in [0, 0.05) is 25.0 Å². The zero-order valence-corrected chi connectivity index (χ0v) is 19.4. The minimum Gasteiger partial charge on any atom is -0.373 e. The van der Waals surface area contributed by atoms with Crippen molar-refractivity contribution in [1.29, 1.82) is 0 Å². The molecule has 0 spiro atoms. The maximum Gasteiger partial charge on any atom is 0.0690 e. The Kier molecular flexibility index (Phi) is 5.66. The molecular formula is C24H43NO. The minimum atomic E-state index is 0.148. The van der Waals surface area contributed by atoms with Crippen molar-refractivity contribution < 1.29 is 4.74 Å². The number of hydrogen-bond acceptors (Lipinski definition) is 2. The Bertz CT molecular complexity index is 574. The quantitative estimate of drug-likeness (QED) is 0.564. The van der Waals surface area contributed by atoms with Crippen LogP contribution in [0.15, 0.2) is 22.3 Å². The molecule has 0 atom stereocenters. The van der Waals surface area contributed by atoms with Crippen LogP contribution in [-0.4, -0.2) is 37.7 Å². The maximum atomic E-state index is 5.89. The van der Waals surface area contributed by atoms with Crippen LogP contribution in [0.2, 0.25) is 0 Å². The molecule has 0 aromatic rings. The molecule has 150 valence electrons. The smallest absolute Gasteiger partial charge is 0.0690 e. The zero-order valence-electron chi connectivity index (χ0n) is 19.4. The second-order valence-corrected chi connectivity index (χ2v) is 12.2. The van der Waals surface area contributed by atoms with E-state index in [1.54, 1.807) is 11.1 Å². The van der Waals surface area contributed by atoms with E-state index in [-0.39, 0.29) is 21.7 Å². The van der Waals surface area contributed by atoms with Gasteiger partial charge in [0.1, 0.15) is 0 Å². The second kappa shape index (κ2) is 6.78. The monoisotopic (exact) mass is 361 g/mol. The molecule has 2 aliphatic rings. The molecule has 0 aliphatic carbocycles. The lowest BCUT2D eigenvalue weighted by molar-refractivity contribution is 0.176. The van der Waals surface area contributed by atoms with Gasteiger partial charge in [-0.25, -0.2) is 0 Å². The summed E-state index contributed by atoms with van der Waals surface area (Å²) in [5.74, 6) is 0. The molecule has 2 aliphatic heterocycles. The van der Waals surface area contributed by atoms with Gasteiger partial charge >= 0.3 is 0 Å². The van der Waals surface area contributed by atoms with Crippen molar-refractivity contribution in [2.45, 2.75) is 76.2 Å². The maximum absolute atomic E-state index is 5.89. The number of ether oxygens (including phenoxy) is 1. The largest absolute Gasteiger partial charge is 0.373 e. The van der Waals surface area contributed by atoms with E-state index in [4.69, 9.17) is 4.74 Å². The minimum absolute atomic E-state index is 0.148. The average Bonchev–Trinajstić information content (AvgIpc) is 3.01. The summed E-state index contributed by atoms with van der Waals surface area (Å²) in [7, 11) is 0. The number of hydrogen-bond donors (Lipinski definition) is 0. The third kappa shape index (κ3) is 4.62. The number of nitrogens with zero attached hydrogens (tertiary/aromatic N) is 1. The van der Waals surface area contributed by atoms with E-state index >= 15 is 0 Å². The van der Waals surface area contributed by atoms with Gasteiger partial charge in [-0.05, 0) is 38.5 Å². The Morgan fingerprint density at radius 2 is 1.00 bits per heavy atom. The summed E-state index contributed by atoms with van der Waals surface area (Å²) in [6.45, 7) is 30.9. The Morgan fingerprint density at radius 3 is 1.38 bits per heavy atom. The summed E-state index contributed by atoms with van der Waals surface area (Å²) < 4.78 is 5.89. The average molecular weight is 362 g/mol. The fourth-order valence-corrected chi connectivity index (χ4v) is 4.54. The highest BCUT2D eigenvalue weighted by atomic mass is 16.5. The van der Waals surface area contributed by atoms with Crippen LogP contribution >= 0.6 is 0 Å². The van der Waals surface area contributed by atoms with Crippen molar-refractivity contribution in [3.05, 3.63) is 22.3 Å². The third-order valence-corrected chi connectivity index (χ3v) is 6.14. The normalized spacial score (nSPS) is 21.3. The van der Waals surface area contributed by atoms with Gasteiger partial charge in [-0.15, -0.1) is 0 Å². The zero-order chi connectivity index (χ0) is 20.1. The first-order valence-corrected chi connectivity index (χ1v) is 10.3. The molecule has 0 amide bonds. The van der Waals surface area contributed by atoms with Gasteiger partial charge in [-0.3, -0.25) is 4.90 Å². The summed E-state index contributed by atoms with van der Waals surface area (Å²) in [5.41, 5.74) is 7.17. The predicted molar refractivity (Wildman–Crippen MR) is 113 cm³/mol. The second-order valence-electron chi connectivity index (χ2n) is 12.2. The van der Waals surface area contributed by atoms with Crippen molar-refractivity contribution in [2.24, 2.45) is 21.7 Å². The van der Waals surface area contributed by atoms with Crippen LogP contribution in [0.1, 0.15) is 76.2 Å². The van der Waals surface area contributed by atoms with Gasteiger partial charge in [-0.2, -0.15) is 0 Å². The van der Waals surface area contributed by atoms with Gasteiger partial charge in [-0.1, -0.05) is 76.2 Å². The molecule has 2 rings (SSSR count). The van der Waals surface area contributed by atoms with Crippen LogP contribution in [0.3, 0.4) is 0 Å². The van der Waals surface area contributed by atoms with Crippen molar-refractivity contribution in [1.82, 2.24) is 4.90 Å². The fourth-order valence-electron chi connectivity index (χ4n) is 4.54. The highest BCUT2D eigenvalue weighted by Gasteiger charge is 2.39. The van der Waals surface area contributed by atoms with Crippen LogP contribution in [0.25, 0.3) is 0 Å². The Morgan fingerprint density at radius 1 is 0.615 bits per heavy atom. The summed E-state index contributed by atoms with van der Waals surface area (Å²) in [6.07, 6.45) is 0. The van der Waals surface area contributed by atoms with Crippen molar-refractivity contribution in [3.8, 4) is 0 Å². The van der Waals surface area contributed by atoms with Crippen LogP contribution < -0.4 is 0 Å². The first kappa shape index (κ1) is 21.7. The van der Waals surface area contributed by atoms with Crippen LogP contribution in [0.4, 0.5) is 0 Å². The van der Waals surface area contributed by atoms with Crippen molar-refractivity contribution in [2.75, 3.05) is 32.8 Å². The first-order chi connectivity index (χ1) is 11.5. The lowest BCUT2D eigenvalue weighted by atomic mass is 9.75. The third-order valence-electron chi connectivity index (χ3n) is 6.14. The van der Waals surface area contributed by atoms with Gasteiger partial charge in [0.2, 0.25) is 0 Å². The molecule has 2 heterocycles. The molecule has 0 unspecified atom stereocenters. The van der Waals surface area contributed by atoms with E-state index in [1.807, 2.05) is 0 Å². The van der Waals surface area contributed by atoms with E-state index < -0.39 is 0 Å². The van der Waals surface area contributed by atoms with E-state index in [1.165, 1.54) is 11.1 Å². The Hall–Kier alpha value is -0.600. The van der Waals surface area contributed by atoms with Crippen LogP contribution in [0.5, 0.6) is 0 Å². The Balaban J connectivity index is 2.25. The predicted octanol–water partition coefficient (Wildman–Crippen LogP) is 6.09. The molecule has 0 bridgehead atoms. The van der Waals surface area contributed by atoms with E-state index in [2.05, 4.69) is 81.1 Å². The van der Waals surface area contributed by atoms with Crippen molar-refractivity contribution in [3.63, 3.8) is 0 Å². The van der Waals surface area contributed by atoms with E-state index in [9.17, 15) is 0 Å². The van der Waals surface area contributed by atoms with E-state index in [0.29, 0.717) is 0 Å². The highest BCUT2D eigenvalue weighted by molar-refractivity contribution is 5.34. The van der Waals surface area contributed by atoms with Crippen molar-refractivity contribution >= 4 is 0 Å². The molecule has 2 nitrogen and oxygen atoms in total. The standard InChI is InChI=1S/C24H43NO/c1-21(2,3)17-12-25(13-18(17)22(4,5)6)16-24(10,11)20-15-26-14-19(20)23(7,8)9/h12-16H2,1-11H3. The topological polar surface area (TPSA) is 12.5 Å². The summed E-state index contributed by atoms with van der Waals surface area (Å²) in [6, 6.07) is 0. The Labute approximate surface area is 163 Å². The fraction of sp³-hybridized carbons (Fsp3) is 0.833. The van der Waals surface area contributed by atoms with Crippen LogP contribution in [0, 0.1) is 21.7 Å². The van der Waals surface area contributed by atoms with Gasteiger partial charge in [0.25, 0.3) is 0 Å². The van der Waals surface area contributed by atoms with Gasteiger partial charge in [0.05, 0.1) is 13.2 Å². The molecule has 2 heteroatoms. The summed E-state index contributed by atoms with van der Waals surface area (Å²) >= 11 is 0. The molecule has 0 fully saturated rings. The van der Waals surface area contributed by atoms with Gasteiger partial charge in [0.15, 0.2) is 0 Å². The number of rotatable bonds is 3. The molecule has 0 saturated heterocycles. The first-order valence-electron chi connectivity index (χ1n) is 10.3. The lowest BCUT2D eigenvalue weighted by Gasteiger charge is -2.35. The molecule has 0 radical (unpaired) electrons. The molecule has 26 heavy (non-hydrogen) atoms. The highest BCUT2D eigenvalue weighted by Crippen LogP contribution is 2.44. The molecule has 0 saturated carbocycles. The molecule has 0 aromatic heterocycles. The summed E-state index contributed by atoms with van der Waals surface area (Å²) in [4.78, 5) is 2.67.